The van der Waals surface area contributed by atoms with E-state index in [0.717, 1.165) is 0 Å². The molecule has 0 aromatic carbocycles. The number of hydrogen-bond acceptors (Lipinski definition) is 4. The van der Waals surface area contributed by atoms with Crippen LogP contribution in [-0.4, -0.2) is 21.8 Å². The molecule has 1 aromatic rings. The third-order valence-corrected chi connectivity index (χ3v) is 1.38. The van der Waals surface area contributed by atoms with Gasteiger partial charge in [-0.1, -0.05) is 0 Å². The van der Waals surface area contributed by atoms with E-state index in [1.807, 2.05) is 0 Å². The van der Waals surface area contributed by atoms with E-state index < -0.39 is 6.10 Å². The van der Waals surface area contributed by atoms with Crippen molar-refractivity contribution in [3.8, 4) is 6.07 Å². The second-order valence-corrected chi connectivity index (χ2v) is 2.20. The molecule has 0 aliphatic rings. The van der Waals surface area contributed by atoms with E-state index in [4.69, 9.17) is 15.1 Å². The van der Waals surface area contributed by atoms with Gasteiger partial charge in [0.05, 0.1) is 0 Å². The zero-order valence-electron chi connectivity index (χ0n) is 6.64. The minimum absolute atomic E-state index is 0.286. The van der Waals surface area contributed by atoms with E-state index >= 15 is 0 Å². The summed E-state index contributed by atoms with van der Waals surface area (Å²) in [5.74, 6) is 0.305. The number of nitriles is 1. The standard InChI is InChI=1S/C7H9N3O2/c1-12-5-10-3-2-9-7(10)6(11)4-8/h2-3,6,11H,5H2,1H3/t6-/m0/s1. The van der Waals surface area contributed by atoms with Gasteiger partial charge in [0.15, 0.2) is 11.9 Å². The summed E-state index contributed by atoms with van der Waals surface area (Å²) in [6, 6.07) is 1.68. The Labute approximate surface area is 69.8 Å². The third-order valence-electron chi connectivity index (χ3n) is 1.38. The zero-order chi connectivity index (χ0) is 8.97. The van der Waals surface area contributed by atoms with Gasteiger partial charge < -0.3 is 14.4 Å². The molecule has 0 aliphatic carbocycles. The van der Waals surface area contributed by atoms with Crippen molar-refractivity contribution >= 4 is 0 Å². The lowest BCUT2D eigenvalue weighted by atomic mass is 10.4. The predicted molar refractivity (Wildman–Crippen MR) is 39.8 cm³/mol. The normalized spacial score (nSPS) is 12.4. The number of aliphatic hydroxyl groups excluding tert-OH is 1. The SMILES string of the molecule is COCn1ccnc1[C@@H](O)C#N. The van der Waals surface area contributed by atoms with Crippen molar-refractivity contribution in [2.24, 2.45) is 0 Å². The number of aromatic nitrogens is 2. The van der Waals surface area contributed by atoms with E-state index in [1.54, 1.807) is 16.8 Å². The van der Waals surface area contributed by atoms with E-state index in [0.29, 0.717) is 5.82 Å². The van der Waals surface area contributed by atoms with Crippen LogP contribution in [0.4, 0.5) is 0 Å². The maximum absolute atomic E-state index is 9.13. The minimum Gasteiger partial charge on any atom is -0.371 e. The molecule has 0 saturated carbocycles. The summed E-state index contributed by atoms with van der Waals surface area (Å²) in [4.78, 5) is 3.82. The summed E-state index contributed by atoms with van der Waals surface area (Å²) < 4.78 is 6.39. The Hall–Kier alpha value is -1.38. The first-order chi connectivity index (χ1) is 5.79. The van der Waals surface area contributed by atoms with Gasteiger partial charge in [0.2, 0.25) is 0 Å². The molecule has 0 spiro atoms. The Bertz CT molecular complexity index is 289. The smallest absolute Gasteiger partial charge is 0.199 e. The highest BCUT2D eigenvalue weighted by atomic mass is 16.5. The second-order valence-electron chi connectivity index (χ2n) is 2.20. The van der Waals surface area contributed by atoms with E-state index in [1.165, 1.54) is 13.3 Å². The molecule has 0 saturated heterocycles. The molecular weight excluding hydrogens is 158 g/mol. The van der Waals surface area contributed by atoms with E-state index in [9.17, 15) is 0 Å². The van der Waals surface area contributed by atoms with Gasteiger partial charge in [-0.05, 0) is 0 Å². The van der Waals surface area contributed by atoms with Crippen LogP contribution < -0.4 is 0 Å². The average molecular weight is 167 g/mol. The zero-order valence-corrected chi connectivity index (χ0v) is 6.64. The monoisotopic (exact) mass is 167 g/mol. The Balaban J connectivity index is 2.85. The molecule has 0 bridgehead atoms. The molecule has 1 N–H and O–H groups in total. The Morgan fingerprint density at radius 1 is 1.92 bits per heavy atom. The molecule has 0 unspecified atom stereocenters. The number of aliphatic hydroxyl groups is 1. The maximum atomic E-state index is 9.13. The molecule has 12 heavy (non-hydrogen) atoms. The molecule has 64 valence electrons. The fraction of sp³-hybridized carbons (Fsp3) is 0.429. The van der Waals surface area contributed by atoms with Gasteiger partial charge in [-0.2, -0.15) is 5.26 Å². The van der Waals surface area contributed by atoms with Gasteiger partial charge in [0.1, 0.15) is 12.8 Å². The van der Waals surface area contributed by atoms with Crippen molar-refractivity contribution in [2.45, 2.75) is 12.8 Å². The van der Waals surface area contributed by atoms with Crippen LogP contribution in [-0.2, 0) is 11.5 Å². The number of hydrogen-bond donors (Lipinski definition) is 1. The largest absolute Gasteiger partial charge is 0.371 e. The van der Waals surface area contributed by atoms with Crippen LogP contribution >= 0.6 is 0 Å². The molecule has 1 rings (SSSR count). The highest BCUT2D eigenvalue weighted by Crippen LogP contribution is 2.08. The summed E-state index contributed by atoms with van der Waals surface area (Å²) >= 11 is 0. The van der Waals surface area contributed by atoms with Crippen LogP contribution in [0.5, 0.6) is 0 Å². The number of rotatable bonds is 3. The van der Waals surface area contributed by atoms with Gasteiger partial charge in [0, 0.05) is 19.5 Å². The van der Waals surface area contributed by atoms with Crippen LogP contribution in [0.15, 0.2) is 12.4 Å². The molecular formula is C7H9N3O2. The highest BCUT2D eigenvalue weighted by molar-refractivity contribution is 5.04. The minimum atomic E-state index is -1.19. The predicted octanol–water partition coefficient (Wildman–Crippen LogP) is 0.0440. The van der Waals surface area contributed by atoms with Gasteiger partial charge in [-0.25, -0.2) is 4.98 Å². The summed E-state index contributed by atoms with van der Waals surface area (Å²) in [5.41, 5.74) is 0. The molecule has 0 aliphatic heterocycles. The number of nitrogens with zero attached hydrogens (tertiary/aromatic N) is 3. The van der Waals surface area contributed by atoms with Crippen LogP contribution in [0, 0.1) is 11.3 Å². The summed E-state index contributed by atoms with van der Waals surface area (Å²) in [5, 5.41) is 17.5. The van der Waals surface area contributed by atoms with Crippen molar-refractivity contribution in [3.63, 3.8) is 0 Å². The van der Waals surface area contributed by atoms with Crippen molar-refractivity contribution < 1.29 is 9.84 Å². The Morgan fingerprint density at radius 3 is 3.25 bits per heavy atom. The molecule has 0 amide bonds. The quantitative estimate of drug-likeness (QED) is 0.645. The molecule has 0 radical (unpaired) electrons. The lowest BCUT2D eigenvalue weighted by molar-refractivity contribution is 0.119. The van der Waals surface area contributed by atoms with E-state index in [-0.39, 0.29) is 6.73 Å². The number of imidazole rings is 1. The van der Waals surface area contributed by atoms with Crippen LogP contribution in [0.25, 0.3) is 0 Å². The molecule has 1 heterocycles. The molecule has 5 nitrogen and oxygen atoms in total. The van der Waals surface area contributed by atoms with Gasteiger partial charge in [-0.15, -0.1) is 0 Å². The Morgan fingerprint density at radius 2 is 2.67 bits per heavy atom. The topological polar surface area (TPSA) is 71.1 Å². The van der Waals surface area contributed by atoms with E-state index in [2.05, 4.69) is 4.98 Å². The summed E-state index contributed by atoms with van der Waals surface area (Å²) in [7, 11) is 1.53. The first-order valence-electron chi connectivity index (χ1n) is 3.37. The lowest BCUT2D eigenvalue weighted by Crippen LogP contribution is -2.08. The number of methoxy groups -OCH3 is 1. The Kier molecular flexibility index (Phi) is 2.80. The van der Waals surface area contributed by atoms with Crippen molar-refractivity contribution in [2.75, 3.05) is 7.11 Å². The van der Waals surface area contributed by atoms with Crippen molar-refractivity contribution in [1.82, 2.24) is 9.55 Å². The molecule has 1 aromatic heterocycles. The average Bonchev–Trinajstić information content (AvgIpc) is 2.52. The van der Waals surface area contributed by atoms with Gasteiger partial charge >= 0.3 is 0 Å². The summed E-state index contributed by atoms with van der Waals surface area (Å²) in [6.45, 7) is 0.286. The fourth-order valence-electron chi connectivity index (χ4n) is 0.874. The molecule has 0 fully saturated rings. The highest BCUT2D eigenvalue weighted by Gasteiger charge is 2.11. The fourth-order valence-corrected chi connectivity index (χ4v) is 0.874. The van der Waals surface area contributed by atoms with Crippen molar-refractivity contribution in [3.05, 3.63) is 18.2 Å². The van der Waals surface area contributed by atoms with Crippen molar-refractivity contribution in [1.29, 1.82) is 5.26 Å². The molecule has 1 atom stereocenters. The third kappa shape index (κ3) is 1.61. The van der Waals surface area contributed by atoms with Gasteiger partial charge in [-0.3, -0.25) is 0 Å². The first kappa shape index (κ1) is 8.71. The van der Waals surface area contributed by atoms with Crippen LogP contribution in [0.2, 0.25) is 0 Å². The maximum Gasteiger partial charge on any atom is 0.199 e. The second kappa shape index (κ2) is 3.85. The first-order valence-corrected chi connectivity index (χ1v) is 3.37. The van der Waals surface area contributed by atoms with Crippen LogP contribution in [0.1, 0.15) is 11.9 Å². The summed E-state index contributed by atoms with van der Waals surface area (Å²) in [6.07, 6.45) is 1.96. The molecule has 5 heteroatoms. The lowest BCUT2D eigenvalue weighted by Gasteiger charge is -2.05. The van der Waals surface area contributed by atoms with Crippen LogP contribution in [0.3, 0.4) is 0 Å². The number of ether oxygens (including phenoxy) is 1. The van der Waals surface area contributed by atoms with Gasteiger partial charge in [0.25, 0.3) is 0 Å².